The number of rotatable bonds is 6. The number of aromatic nitrogens is 3. The van der Waals surface area contributed by atoms with E-state index in [0.717, 1.165) is 31.9 Å². The molecule has 3 rings (SSSR count). The van der Waals surface area contributed by atoms with Crippen molar-refractivity contribution in [2.75, 3.05) is 20.0 Å². The normalized spacial score (nSPS) is 11.9. The van der Waals surface area contributed by atoms with Crippen molar-refractivity contribution in [1.29, 1.82) is 0 Å². The van der Waals surface area contributed by atoms with Crippen molar-refractivity contribution in [3.8, 4) is 5.75 Å². The molecule has 0 saturated heterocycles. The Morgan fingerprint density at radius 2 is 2.26 bits per heavy atom. The molecule has 0 unspecified atom stereocenters. The predicted octanol–water partition coefficient (Wildman–Crippen LogP) is 3.25. The van der Waals surface area contributed by atoms with Crippen LogP contribution in [0, 0.1) is 6.92 Å². The zero-order chi connectivity index (χ0) is 16.2. The molecule has 1 aromatic carbocycles. The number of nitrogens with zero attached hydrogens (tertiary/aromatic N) is 4. The lowest BCUT2D eigenvalue weighted by Gasteiger charge is -2.06. The summed E-state index contributed by atoms with van der Waals surface area (Å²) in [5, 5.41) is 8.41. The lowest BCUT2D eigenvalue weighted by atomic mass is 10.3. The molecule has 120 valence electrons. The van der Waals surface area contributed by atoms with Gasteiger partial charge in [-0.15, -0.1) is 11.8 Å². The molecule has 0 aliphatic carbocycles. The molecule has 0 atom stereocenters. The Kier molecular flexibility index (Phi) is 4.82. The minimum atomic E-state index is 0.686. The van der Waals surface area contributed by atoms with E-state index in [9.17, 15) is 0 Å². The van der Waals surface area contributed by atoms with Gasteiger partial charge in [0.2, 0.25) is 4.96 Å². The number of thioether (sulfide) groups is 1. The molecule has 23 heavy (non-hydrogen) atoms. The van der Waals surface area contributed by atoms with Crippen LogP contribution >= 0.6 is 23.1 Å². The van der Waals surface area contributed by atoms with Gasteiger partial charge in [0.15, 0.2) is 0 Å². The van der Waals surface area contributed by atoms with Crippen LogP contribution in [0.15, 0.2) is 40.6 Å². The average molecular weight is 348 g/mol. The van der Waals surface area contributed by atoms with E-state index in [1.54, 1.807) is 43.6 Å². The molecule has 0 fully saturated rings. The van der Waals surface area contributed by atoms with Crippen molar-refractivity contribution >= 4 is 33.8 Å². The maximum atomic E-state index is 5.26. The van der Waals surface area contributed by atoms with Crippen LogP contribution in [0.4, 0.5) is 0 Å². The molecule has 0 aliphatic heterocycles. The molecule has 0 N–H and O–H groups in total. The van der Waals surface area contributed by atoms with E-state index >= 15 is 0 Å². The van der Waals surface area contributed by atoms with E-state index in [2.05, 4.69) is 15.2 Å². The van der Waals surface area contributed by atoms with Gasteiger partial charge in [-0.3, -0.25) is 0 Å². The highest BCUT2D eigenvalue weighted by atomic mass is 32.2. The Labute approximate surface area is 142 Å². The quantitative estimate of drug-likeness (QED) is 0.389. The van der Waals surface area contributed by atoms with Gasteiger partial charge in [0.25, 0.3) is 0 Å². The summed E-state index contributed by atoms with van der Waals surface area (Å²) in [6.45, 7) is 2.01. The van der Waals surface area contributed by atoms with E-state index in [-0.39, 0.29) is 0 Å². The summed E-state index contributed by atoms with van der Waals surface area (Å²) >= 11 is 3.24. The zero-order valence-electron chi connectivity index (χ0n) is 13.0. The third kappa shape index (κ3) is 3.32. The van der Waals surface area contributed by atoms with E-state index in [4.69, 9.17) is 9.57 Å². The molecule has 8 heteroatoms. The largest absolute Gasteiger partial charge is 0.497 e. The lowest BCUT2D eigenvalue weighted by Crippen LogP contribution is -2.06. The monoisotopic (exact) mass is 348 g/mol. The van der Waals surface area contributed by atoms with Gasteiger partial charge >= 0.3 is 0 Å². The van der Waals surface area contributed by atoms with E-state index in [0.29, 0.717) is 5.75 Å². The zero-order valence-corrected chi connectivity index (χ0v) is 14.6. The van der Waals surface area contributed by atoms with E-state index < -0.39 is 0 Å². The van der Waals surface area contributed by atoms with Crippen LogP contribution in [0.25, 0.3) is 4.96 Å². The summed E-state index contributed by atoms with van der Waals surface area (Å²) < 4.78 is 7.08. The smallest absolute Gasteiger partial charge is 0.212 e. The summed E-state index contributed by atoms with van der Waals surface area (Å²) in [6.07, 6.45) is 1.56. The van der Waals surface area contributed by atoms with Gasteiger partial charge in [-0.25, -0.2) is 9.50 Å². The first-order valence-corrected chi connectivity index (χ1v) is 8.69. The van der Waals surface area contributed by atoms with Crippen molar-refractivity contribution in [1.82, 2.24) is 14.6 Å². The second-order valence-corrected chi connectivity index (χ2v) is 6.69. The lowest BCUT2D eigenvalue weighted by molar-refractivity contribution is 0.213. The Hall–Kier alpha value is -2.06. The van der Waals surface area contributed by atoms with Gasteiger partial charge in [0, 0.05) is 10.6 Å². The van der Waals surface area contributed by atoms with Crippen LogP contribution in [0.2, 0.25) is 0 Å². The summed E-state index contributed by atoms with van der Waals surface area (Å²) in [6, 6.07) is 7.96. The molecule has 6 nitrogen and oxygen atoms in total. The van der Waals surface area contributed by atoms with Gasteiger partial charge < -0.3 is 9.57 Å². The van der Waals surface area contributed by atoms with E-state index in [1.165, 1.54) is 0 Å². The fourth-order valence-corrected chi connectivity index (χ4v) is 4.13. The molecule has 0 aliphatic rings. The molecular weight excluding hydrogens is 332 g/mol. The molecule has 0 radical (unpaired) electrons. The summed E-state index contributed by atoms with van der Waals surface area (Å²) in [4.78, 5) is 12.3. The predicted molar refractivity (Wildman–Crippen MR) is 92.9 cm³/mol. The number of methoxy groups -OCH3 is 1. The van der Waals surface area contributed by atoms with Gasteiger partial charge in [-0.2, -0.15) is 5.10 Å². The van der Waals surface area contributed by atoms with Gasteiger partial charge in [0.05, 0.1) is 17.7 Å². The summed E-state index contributed by atoms with van der Waals surface area (Å²) in [5.74, 6) is 1.53. The molecule has 2 aromatic heterocycles. The number of hydrogen-bond donors (Lipinski definition) is 0. The van der Waals surface area contributed by atoms with Gasteiger partial charge in [-0.05, 0) is 25.1 Å². The first kappa shape index (κ1) is 15.8. The molecule has 3 aromatic rings. The Bertz CT molecular complexity index is 841. The molecule has 0 saturated carbocycles. The van der Waals surface area contributed by atoms with Crippen LogP contribution in [-0.2, 0) is 4.84 Å². The van der Waals surface area contributed by atoms with Crippen molar-refractivity contribution < 1.29 is 9.57 Å². The Morgan fingerprint density at radius 3 is 3.00 bits per heavy atom. The molecule has 0 amide bonds. The molecule has 2 heterocycles. The van der Waals surface area contributed by atoms with Crippen LogP contribution in [0.3, 0.4) is 0 Å². The number of aryl methyl sites for hydroxylation is 1. The number of hydrogen-bond acceptors (Lipinski definition) is 7. The van der Waals surface area contributed by atoms with Gasteiger partial charge in [-0.1, -0.05) is 22.6 Å². The van der Waals surface area contributed by atoms with Crippen molar-refractivity contribution in [3.05, 3.63) is 41.2 Å². The summed E-state index contributed by atoms with van der Waals surface area (Å²) in [7, 11) is 3.22. The number of benzene rings is 1. The Morgan fingerprint density at radius 1 is 1.39 bits per heavy atom. The number of ether oxygens (including phenoxy) is 1. The van der Waals surface area contributed by atoms with Crippen molar-refractivity contribution in [3.63, 3.8) is 0 Å². The van der Waals surface area contributed by atoms with Crippen LogP contribution in [0.5, 0.6) is 5.75 Å². The summed E-state index contributed by atoms with van der Waals surface area (Å²) in [5.41, 5.74) is 1.89. The highest BCUT2D eigenvalue weighted by Crippen LogP contribution is 2.27. The fraction of sp³-hybridized carbons (Fsp3) is 0.267. The number of fused-ring (bicyclic) bond motifs is 1. The third-order valence-corrected chi connectivity index (χ3v) is 5.44. The average Bonchev–Trinajstić information content (AvgIpc) is 3.15. The van der Waals surface area contributed by atoms with E-state index in [1.807, 2.05) is 35.7 Å². The minimum Gasteiger partial charge on any atom is -0.497 e. The second kappa shape index (κ2) is 7.01. The maximum Gasteiger partial charge on any atom is 0.212 e. The fourth-order valence-electron chi connectivity index (χ4n) is 2.15. The number of oxime groups is 1. The third-order valence-electron chi connectivity index (χ3n) is 3.24. The molecular formula is C15H16N4O2S2. The second-order valence-electron chi connectivity index (χ2n) is 4.66. The van der Waals surface area contributed by atoms with Gasteiger partial charge in [0.1, 0.15) is 24.9 Å². The van der Waals surface area contributed by atoms with Crippen LogP contribution in [-0.4, -0.2) is 40.3 Å². The Balaban J connectivity index is 1.83. The maximum absolute atomic E-state index is 5.26. The highest BCUT2D eigenvalue weighted by Gasteiger charge is 2.16. The first-order valence-electron chi connectivity index (χ1n) is 6.89. The highest BCUT2D eigenvalue weighted by molar-refractivity contribution is 8.00. The molecule has 0 bridgehead atoms. The van der Waals surface area contributed by atoms with Crippen LogP contribution in [0.1, 0.15) is 10.6 Å². The van der Waals surface area contributed by atoms with Crippen molar-refractivity contribution in [2.45, 2.75) is 11.8 Å². The topological polar surface area (TPSA) is 61.0 Å². The minimum absolute atomic E-state index is 0.686. The van der Waals surface area contributed by atoms with Crippen LogP contribution < -0.4 is 4.74 Å². The standard InChI is InChI=1S/C15H16N4O2S2/c1-10-14(23-15-16-9-17-19(10)15)13(18-21-3)8-22-12-6-4-5-11(7-12)20-2/h4-7,9H,8H2,1-3H3/b18-13+. The first-order chi connectivity index (χ1) is 11.2. The SMILES string of the molecule is CO/N=C(\CSc1cccc(OC)c1)c1sc2ncnn2c1C. The van der Waals surface area contributed by atoms with Crippen molar-refractivity contribution in [2.24, 2.45) is 5.16 Å². The molecule has 0 spiro atoms. The number of thiazole rings is 1.